The van der Waals surface area contributed by atoms with Crippen LogP contribution in [-0.4, -0.2) is 24.2 Å². The fourth-order valence-corrected chi connectivity index (χ4v) is 2.04. The van der Waals surface area contributed by atoms with E-state index in [4.69, 9.17) is 5.11 Å². The Balaban J connectivity index is 2.60. The van der Waals surface area contributed by atoms with Crippen molar-refractivity contribution in [2.75, 3.05) is 13.2 Å². The molecule has 0 radical (unpaired) electrons. The van der Waals surface area contributed by atoms with Crippen LogP contribution in [0.5, 0.6) is 0 Å². The van der Waals surface area contributed by atoms with Crippen LogP contribution in [0.1, 0.15) is 35.5 Å². The molecule has 0 saturated carbocycles. The van der Waals surface area contributed by atoms with Crippen LogP contribution in [0.4, 0.5) is 0 Å². The van der Waals surface area contributed by atoms with Crippen LogP contribution in [0.25, 0.3) is 0 Å². The second kappa shape index (κ2) is 7.10. The van der Waals surface area contributed by atoms with E-state index in [0.717, 1.165) is 6.42 Å². The van der Waals surface area contributed by atoms with Gasteiger partial charge in [-0.1, -0.05) is 25.7 Å². The Labute approximate surface area is 106 Å². The zero-order valence-electron chi connectivity index (χ0n) is 10.1. The van der Waals surface area contributed by atoms with Crippen molar-refractivity contribution in [2.24, 2.45) is 5.92 Å². The lowest BCUT2D eigenvalue weighted by atomic mass is 10.1. The molecule has 0 aliphatic heterocycles. The molecule has 3 nitrogen and oxygen atoms in total. The molecule has 0 unspecified atom stereocenters. The largest absolute Gasteiger partial charge is 0.384 e. The number of thiophene rings is 1. The highest BCUT2D eigenvalue weighted by molar-refractivity contribution is 7.12. The molecule has 92 valence electrons. The number of carbonyl (C=O) groups excluding carboxylic acids is 1. The summed E-state index contributed by atoms with van der Waals surface area (Å²) in [6.07, 6.45) is 0.967. The molecule has 0 spiro atoms. The summed E-state index contributed by atoms with van der Waals surface area (Å²) in [4.78, 5) is 12.5. The Bertz CT molecular complexity index is 426. The van der Waals surface area contributed by atoms with Crippen molar-refractivity contribution < 1.29 is 9.90 Å². The number of aliphatic hydroxyl groups excluding tert-OH is 1. The molecule has 1 heterocycles. The maximum atomic E-state index is 11.8. The molecule has 0 saturated heterocycles. The topological polar surface area (TPSA) is 49.3 Å². The Kier molecular flexibility index (Phi) is 5.75. The maximum Gasteiger partial charge on any atom is 0.262 e. The zero-order chi connectivity index (χ0) is 12.7. The van der Waals surface area contributed by atoms with Crippen molar-refractivity contribution in [3.63, 3.8) is 0 Å². The van der Waals surface area contributed by atoms with Crippen LogP contribution in [0.2, 0.25) is 0 Å². The second-order valence-electron chi connectivity index (χ2n) is 4.06. The third-order valence-electron chi connectivity index (χ3n) is 2.18. The Morgan fingerprint density at radius 3 is 3.00 bits per heavy atom. The predicted octanol–water partition coefficient (Wildman–Crippen LogP) is 1.87. The van der Waals surface area contributed by atoms with Crippen molar-refractivity contribution in [3.8, 4) is 11.8 Å². The minimum Gasteiger partial charge on any atom is -0.384 e. The molecule has 2 N–H and O–H groups in total. The van der Waals surface area contributed by atoms with Gasteiger partial charge in [-0.3, -0.25) is 4.79 Å². The van der Waals surface area contributed by atoms with E-state index in [2.05, 4.69) is 31.0 Å². The van der Waals surface area contributed by atoms with Gasteiger partial charge in [0.15, 0.2) is 0 Å². The lowest BCUT2D eigenvalue weighted by Gasteiger charge is -2.06. The minimum absolute atomic E-state index is 0.0807. The van der Waals surface area contributed by atoms with Gasteiger partial charge < -0.3 is 10.4 Å². The molecule has 1 aromatic heterocycles. The first-order chi connectivity index (χ1) is 8.15. The molecule has 1 aromatic rings. The Hall–Kier alpha value is -1.31. The van der Waals surface area contributed by atoms with Gasteiger partial charge in [0.2, 0.25) is 0 Å². The first-order valence-electron chi connectivity index (χ1n) is 5.60. The number of rotatable bonds is 4. The maximum absolute atomic E-state index is 11.8. The van der Waals surface area contributed by atoms with E-state index in [-0.39, 0.29) is 12.5 Å². The molecule has 4 heteroatoms. The van der Waals surface area contributed by atoms with Crippen LogP contribution in [0.15, 0.2) is 11.4 Å². The van der Waals surface area contributed by atoms with E-state index in [0.29, 0.717) is 22.9 Å². The van der Waals surface area contributed by atoms with Crippen LogP contribution in [0, 0.1) is 17.8 Å². The van der Waals surface area contributed by atoms with Crippen LogP contribution >= 0.6 is 11.3 Å². The smallest absolute Gasteiger partial charge is 0.262 e. The molecule has 17 heavy (non-hydrogen) atoms. The van der Waals surface area contributed by atoms with E-state index >= 15 is 0 Å². The Morgan fingerprint density at radius 2 is 2.35 bits per heavy atom. The molecule has 0 fully saturated rings. The highest BCUT2D eigenvalue weighted by Gasteiger charge is 2.11. The SMILES string of the molecule is CC(C)CCNC(=O)c1sccc1C#CCO. The van der Waals surface area contributed by atoms with Crippen LogP contribution < -0.4 is 5.32 Å². The number of aliphatic hydroxyl groups is 1. The summed E-state index contributed by atoms with van der Waals surface area (Å²) in [7, 11) is 0. The van der Waals surface area contributed by atoms with Crippen molar-refractivity contribution in [1.82, 2.24) is 5.32 Å². The van der Waals surface area contributed by atoms with Crippen LogP contribution in [-0.2, 0) is 0 Å². The molecular weight excluding hydrogens is 234 g/mol. The van der Waals surface area contributed by atoms with E-state index < -0.39 is 0 Å². The summed E-state index contributed by atoms with van der Waals surface area (Å²) < 4.78 is 0. The number of carbonyl (C=O) groups is 1. The average molecular weight is 251 g/mol. The highest BCUT2D eigenvalue weighted by Crippen LogP contribution is 2.15. The monoisotopic (exact) mass is 251 g/mol. The van der Waals surface area contributed by atoms with Gasteiger partial charge in [-0.15, -0.1) is 11.3 Å². The summed E-state index contributed by atoms with van der Waals surface area (Å²) in [5.41, 5.74) is 0.686. The number of hydrogen-bond acceptors (Lipinski definition) is 3. The first-order valence-corrected chi connectivity index (χ1v) is 6.48. The molecular formula is C13H17NO2S. The van der Waals surface area contributed by atoms with Gasteiger partial charge in [0.05, 0.1) is 0 Å². The van der Waals surface area contributed by atoms with Gasteiger partial charge in [-0.25, -0.2) is 0 Å². The molecule has 0 aliphatic rings. The molecule has 0 aromatic carbocycles. The van der Waals surface area contributed by atoms with Crippen LogP contribution in [0.3, 0.4) is 0 Å². The zero-order valence-corrected chi connectivity index (χ0v) is 10.9. The number of hydrogen-bond donors (Lipinski definition) is 2. The van der Waals surface area contributed by atoms with Crippen molar-refractivity contribution >= 4 is 17.2 Å². The summed E-state index contributed by atoms with van der Waals surface area (Å²) in [5.74, 6) is 5.82. The van der Waals surface area contributed by atoms with E-state index in [1.54, 1.807) is 6.07 Å². The predicted molar refractivity (Wildman–Crippen MR) is 70.1 cm³/mol. The van der Waals surface area contributed by atoms with Gasteiger partial charge in [0.1, 0.15) is 11.5 Å². The highest BCUT2D eigenvalue weighted by atomic mass is 32.1. The molecule has 1 rings (SSSR count). The third-order valence-corrected chi connectivity index (χ3v) is 3.09. The van der Waals surface area contributed by atoms with Crippen molar-refractivity contribution in [3.05, 3.63) is 21.9 Å². The third kappa shape index (κ3) is 4.59. The molecule has 1 amide bonds. The van der Waals surface area contributed by atoms with Gasteiger partial charge in [0.25, 0.3) is 5.91 Å². The van der Waals surface area contributed by atoms with Gasteiger partial charge in [-0.2, -0.15) is 0 Å². The second-order valence-corrected chi connectivity index (χ2v) is 4.98. The summed E-state index contributed by atoms with van der Waals surface area (Å²) in [5, 5.41) is 13.3. The van der Waals surface area contributed by atoms with Gasteiger partial charge >= 0.3 is 0 Å². The van der Waals surface area contributed by atoms with Crippen molar-refractivity contribution in [2.45, 2.75) is 20.3 Å². The standard InChI is InChI=1S/C13H17NO2S/c1-10(2)5-7-14-13(16)12-11(4-3-8-15)6-9-17-12/h6,9-10,15H,5,7-8H2,1-2H3,(H,14,16). The number of nitrogens with one attached hydrogen (secondary N) is 1. The number of amides is 1. The normalized spacial score (nSPS) is 9.88. The van der Waals surface area contributed by atoms with Gasteiger partial charge in [-0.05, 0) is 23.8 Å². The fourth-order valence-electron chi connectivity index (χ4n) is 1.27. The van der Waals surface area contributed by atoms with Gasteiger partial charge in [0, 0.05) is 12.1 Å². The Morgan fingerprint density at radius 1 is 1.59 bits per heavy atom. The van der Waals surface area contributed by atoms with E-state index in [9.17, 15) is 4.79 Å². The average Bonchev–Trinajstić information content (AvgIpc) is 2.73. The molecule has 0 aliphatic carbocycles. The lowest BCUT2D eigenvalue weighted by molar-refractivity contribution is 0.0956. The fraction of sp³-hybridized carbons (Fsp3) is 0.462. The first kappa shape index (κ1) is 13.8. The summed E-state index contributed by atoms with van der Waals surface area (Å²) in [6, 6.07) is 1.80. The molecule has 0 atom stereocenters. The summed E-state index contributed by atoms with van der Waals surface area (Å²) in [6.45, 7) is 4.73. The quantitative estimate of drug-likeness (QED) is 0.803. The summed E-state index contributed by atoms with van der Waals surface area (Å²) >= 11 is 1.37. The molecule has 0 bridgehead atoms. The van der Waals surface area contributed by atoms with Crippen molar-refractivity contribution in [1.29, 1.82) is 0 Å². The van der Waals surface area contributed by atoms with E-state index in [1.165, 1.54) is 11.3 Å². The van der Waals surface area contributed by atoms with E-state index in [1.807, 2.05) is 5.38 Å². The minimum atomic E-state index is -0.190. The lowest BCUT2D eigenvalue weighted by Crippen LogP contribution is -2.25.